The van der Waals surface area contributed by atoms with E-state index in [1.165, 1.54) is 0 Å². The predicted octanol–water partition coefficient (Wildman–Crippen LogP) is 1.25. The van der Waals surface area contributed by atoms with Crippen LogP contribution in [0.3, 0.4) is 0 Å². The number of hydrogen-bond donors (Lipinski definition) is 0. The lowest BCUT2D eigenvalue weighted by Gasteiger charge is -2.32. The van der Waals surface area contributed by atoms with E-state index in [-0.39, 0.29) is 5.95 Å². The molecule has 94 valence electrons. The minimum absolute atomic E-state index is 0.160. The number of hydrogen-bond acceptors (Lipinski definition) is 4. The Morgan fingerprint density at radius 3 is 2.41 bits per heavy atom. The summed E-state index contributed by atoms with van der Waals surface area (Å²) in [7, 11) is 1.98. The summed E-state index contributed by atoms with van der Waals surface area (Å²) in [5.74, 6) is 0.160. The van der Waals surface area contributed by atoms with Gasteiger partial charge in [0.2, 0.25) is 5.95 Å². The topological polar surface area (TPSA) is 32.3 Å². The summed E-state index contributed by atoms with van der Waals surface area (Å²) in [4.78, 5) is 11.4. The smallest absolute Gasteiger partial charge is 0.338 e. The molecule has 0 saturated carbocycles. The summed E-state index contributed by atoms with van der Waals surface area (Å²) < 4.78 is 37.4. The van der Waals surface area contributed by atoms with Gasteiger partial charge >= 0.3 is 6.18 Å². The molecular formula is C10H13F3N4. The lowest BCUT2D eigenvalue weighted by atomic mass is 10.3. The van der Waals surface area contributed by atoms with E-state index in [2.05, 4.69) is 14.9 Å². The third-order valence-corrected chi connectivity index (χ3v) is 2.72. The summed E-state index contributed by atoms with van der Waals surface area (Å²) in [5, 5.41) is 0. The van der Waals surface area contributed by atoms with E-state index in [1.807, 2.05) is 7.05 Å². The van der Waals surface area contributed by atoms with Crippen LogP contribution in [0.15, 0.2) is 12.3 Å². The molecular weight excluding hydrogens is 233 g/mol. The normalized spacial score (nSPS) is 18.5. The van der Waals surface area contributed by atoms with Crippen LogP contribution in [0.1, 0.15) is 5.69 Å². The first kappa shape index (κ1) is 12.1. The van der Waals surface area contributed by atoms with Crippen molar-refractivity contribution < 1.29 is 13.2 Å². The quantitative estimate of drug-likeness (QED) is 0.746. The van der Waals surface area contributed by atoms with E-state index in [1.54, 1.807) is 4.90 Å². The molecule has 0 atom stereocenters. The molecule has 0 radical (unpaired) electrons. The van der Waals surface area contributed by atoms with Crippen LogP contribution >= 0.6 is 0 Å². The van der Waals surface area contributed by atoms with Crippen molar-refractivity contribution in [3.05, 3.63) is 18.0 Å². The van der Waals surface area contributed by atoms with E-state index in [9.17, 15) is 13.2 Å². The second-order valence-corrected chi connectivity index (χ2v) is 4.03. The Balaban J connectivity index is 2.16. The van der Waals surface area contributed by atoms with Gasteiger partial charge in [-0.3, -0.25) is 0 Å². The van der Waals surface area contributed by atoms with Gasteiger partial charge in [-0.15, -0.1) is 0 Å². The second kappa shape index (κ2) is 4.48. The highest BCUT2D eigenvalue weighted by Crippen LogP contribution is 2.28. The van der Waals surface area contributed by atoms with Crippen molar-refractivity contribution in [3.8, 4) is 0 Å². The molecule has 0 amide bonds. The van der Waals surface area contributed by atoms with Gasteiger partial charge in [-0.05, 0) is 13.1 Å². The van der Waals surface area contributed by atoms with Crippen LogP contribution < -0.4 is 4.90 Å². The average Bonchev–Trinajstić information content (AvgIpc) is 2.29. The van der Waals surface area contributed by atoms with Gasteiger partial charge in [-0.1, -0.05) is 0 Å². The molecule has 1 aromatic rings. The molecule has 0 spiro atoms. The molecule has 7 heteroatoms. The Morgan fingerprint density at radius 1 is 1.18 bits per heavy atom. The molecule has 2 heterocycles. The molecule has 1 saturated heterocycles. The monoisotopic (exact) mass is 246 g/mol. The first-order valence-corrected chi connectivity index (χ1v) is 5.30. The lowest BCUT2D eigenvalue weighted by Crippen LogP contribution is -2.45. The number of anilines is 1. The van der Waals surface area contributed by atoms with Crippen LogP contribution in [0.25, 0.3) is 0 Å². The summed E-state index contributed by atoms with van der Waals surface area (Å²) in [6.45, 7) is 2.91. The van der Waals surface area contributed by atoms with Crippen molar-refractivity contribution in [2.24, 2.45) is 0 Å². The van der Waals surface area contributed by atoms with Gasteiger partial charge in [0.05, 0.1) is 0 Å². The average molecular weight is 246 g/mol. The lowest BCUT2D eigenvalue weighted by molar-refractivity contribution is -0.141. The van der Waals surface area contributed by atoms with E-state index in [4.69, 9.17) is 0 Å². The Morgan fingerprint density at radius 2 is 1.82 bits per heavy atom. The van der Waals surface area contributed by atoms with Crippen molar-refractivity contribution in [3.63, 3.8) is 0 Å². The highest BCUT2D eigenvalue weighted by Gasteiger charge is 2.33. The first-order chi connectivity index (χ1) is 7.97. The van der Waals surface area contributed by atoms with E-state index >= 15 is 0 Å². The predicted molar refractivity (Wildman–Crippen MR) is 56.7 cm³/mol. The maximum atomic E-state index is 12.5. The number of aromatic nitrogens is 2. The molecule has 2 rings (SSSR count). The number of halogens is 3. The molecule has 0 N–H and O–H groups in total. The van der Waals surface area contributed by atoms with Crippen LogP contribution in [0.5, 0.6) is 0 Å². The fourth-order valence-corrected chi connectivity index (χ4v) is 1.67. The maximum Gasteiger partial charge on any atom is 0.433 e. The number of piperazine rings is 1. The third-order valence-electron chi connectivity index (χ3n) is 2.72. The summed E-state index contributed by atoms with van der Waals surface area (Å²) in [6.07, 6.45) is -3.26. The molecule has 0 bridgehead atoms. The zero-order valence-electron chi connectivity index (χ0n) is 9.41. The highest BCUT2D eigenvalue weighted by molar-refractivity contribution is 5.31. The fraction of sp³-hybridized carbons (Fsp3) is 0.600. The third kappa shape index (κ3) is 2.85. The molecule has 1 aliphatic rings. The Hall–Kier alpha value is -1.37. The Kier molecular flexibility index (Phi) is 3.19. The maximum absolute atomic E-state index is 12.5. The SMILES string of the molecule is CN1CCN(c2nccc(C(F)(F)F)n2)CC1. The van der Waals surface area contributed by atoms with Crippen molar-refractivity contribution in [1.82, 2.24) is 14.9 Å². The summed E-state index contributed by atoms with van der Waals surface area (Å²) in [5.41, 5.74) is -0.888. The van der Waals surface area contributed by atoms with Gasteiger partial charge < -0.3 is 9.80 Å². The molecule has 0 aliphatic carbocycles. The minimum Gasteiger partial charge on any atom is -0.338 e. The molecule has 17 heavy (non-hydrogen) atoms. The van der Waals surface area contributed by atoms with Gasteiger partial charge in [0.15, 0.2) is 0 Å². The fourth-order valence-electron chi connectivity index (χ4n) is 1.67. The molecule has 1 fully saturated rings. The van der Waals surface area contributed by atoms with Gasteiger partial charge in [0.25, 0.3) is 0 Å². The minimum atomic E-state index is -4.41. The van der Waals surface area contributed by atoms with Crippen LogP contribution in [0.4, 0.5) is 19.1 Å². The number of alkyl halides is 3. The largest absolute Gasteiger partial charge is 0.433 e. The summed E-state index contributed by atoms with van der Waals surface area (Å²) >= 11 is 0. The van der Waals surface area contributed by atoms with Crippen LogP contribution in [0.2, 0.25) is 0 Å². The van der Waals surface area contributed by atoms with Crippen LogP contribution in [-0.2, 0) is 6.18 Å². The summed E-state index contributed by atoms with van der Waals surface area (Å²) in [6, 6.07) is 0.888. The van der Waals surface area contributed by atoms with Gasteiger partial charge in [-0.2, -0.15) is 13.2 Å². The van der Waals surface area contributed by atoms with Crippen molar-refractivity contribution in [2.45, 2.75) is 6.18 Å². The molecule has 0 unspecified atom stereocenters. The molecule has 4 nitrogen and oxygen atoms in total. The second-order valence-electron chi connectivity index (χ2n) is 4.03. The van der Waals surface area contributed by atoms with Gasteiger partial charge in [-0.25, -0.2) is 9.97 Å². The standard InChI is InChI=1S/C10H13F3N4/c1-16-4-6-17(7-5-16)9-14-3-2-8(15-9)10(11,12)13/h2-3H,4-7H2,1H3. The van der Waals surface area contributed by atoms with Crippen LogP contribution in [-0.4, -0.2) is 48.1 Å². The number of nitrogens with zero attached hydrogens (tertiary/aromatic N) is 4. The zero-order chi connectivity index (χ0) is 12.5. The van der Waals surface area contributed by atoms with Crippen molar-refractivity contribution >= 4 is 5.95 Å². The van der Waals surface area contributed by atoms with E-state index in [0.717, 1.165) is 25.4 Å². The van der Waals surface area contributed by atoms with E-state index in [0.29, 0.717) is 13.1 Å². The Bertz CT molecular complexity index is 385. The Labute approximate surface area is 97.1 Å². The van der Waals surface area contributed by atoms with Crippen LogP contribution in [0, 0.1) is 0 Å². The number of likely N-dealkylation sites (N-methyl/N-ethyl adjacent to an activating group) is 1. The molecule has 1 aliphatic heterocycles. The van der Waals surface area contributed by atoms with Gasteiger partial charge in [0.1, 0.15) is 5.69 Å². The van der Waals surface area contributed by atoms with Crippen molar-refractivity contribution in [2.75, 3.05) is 38.1 Å². The number of rotatable bonds is 1. The van der Waals surface area contributed by atoms with E-state index < -0.39 is 11.9 Å². The van der Waals surface area contributed by atoms with Gasteiger partial charge in [0, 0.05) is 32.4 Å². The van der Waals surface area contributed by atoms with Crippen molar-refractivity contribution in [1.29, 1.82) is 0 Å². The highest BCUT2D eigenvalue weighted by atomic mass is 19.4. The molecule has 1 aromatic heterocycles. The zero-order valence-corrected chi connectivity index (χ0v) is 9.41. The first-order valence-electron chi connectivity index (χ1n) is 5.30. The molecule has 0 aromatic carbocycles.